The Kier molecular flexibility index (Phi) is 5.21. The van der Waals surface area contributed by atoms with Crippen molar-refractivity contribution in [1.82, 2.24) is 20.0 Å². The van der Waals surface area contributed by atoms with Crippen molar-refractivity contribution in [2.24, 2.45) is 0 Å². The maximum Gasteiger partial charge on any atom is 0.274 e. The summed E-state index contributed by atoms with van der Waals surface area (Å²) in [5, 5.41) is 7.63. The molecule has 0 saturated carbocycles. The highest BCUT2D eigenvalue weighted by Gasteiger charge is 2.23. The molecule has 0 bridgehead atoms. The van der Waals surface area contributed by atoms with Crippen LogP contribution in [0.15, 0.2) is 53.3 Å². The molecule has 1 saturated heterocycles. The van der Waals surface area contributed by atoms with Gasteiger partial charge in [-0.05, 0) is 25.0 Å². The van der Waals surface area contributed by atoms with Crippen LogP contribution in [0.5, 0.6) is 0 Å². The Balaban J connectivity index is 1.49. The molecule has 0 atom stereocenters. The fourth-order valence-corrected chi connectivity index (χ4v) is 3.71. The molecular formula is C22H24N4O2. The maximum absolute atomic E-state index is 13.1. The van der Waals surface area contributed by atoms with Crippen molar-refractivity contribution in [2.75, 3.05) is 26.2 Å². The van der Waals surface area contributed by atoms with Gasteiger partial charge in [0, 0.05) is 38.1 Å². The zero-order valence-electron chi connectivity index (χ0n) is 16.0. The number of fused-ring (bicyclic) bond motifs is 1. The molecule has 1 fully saturated rings. The summed E-state index contributed by atoms with van der Waals surface area (Å²) in [5.74, 6) is -0.121. The molecule has 0 spiro atoms. The Labute approximate surface area is 163 Å². The molecular weight excluding hydrogens is 352 g/mol. The van der Waals surface area contributed by atoms with Crippen LogP contribution in [0.2, 0.25) is 0 Å². The van der Waals surface area contributed by atoms with Crippen LogP contribution in [0.3, 0.4) is 0 Å². The van der Waals surface area contributed by atoms with Gasteiger partial charge in [-0.25, -0.2) is 5.10 Å². The lowest BCUT2D eigenvalue weighted by Crippen LogP contribution is -2.36. The van der Waals surface area contributed by atoms with Crippen LogP contribution in [-0.2, 0) is 6.54 Å². The van der Waals surface area contributed by atoms with Crippen molar-refractivity contribution in [2.45, 2.75) is 19.9 Å². The molecule has 6 heteroatoms. The first-order valence-electron chi connectivity index (χ1n) is 9.66. The number of H-pyrrole nitrogens is 1. The smallest absolute Gasteiger partial charge is 0.274 e. The van der Waals surface area contributed by atoms with Crippen LogP contribution in [0.4, 0.5) is 0 Å². The van der Waals surface area contributed by atoms with E-state index in [1.807, 2.05) is 11.0 Å². The largest absolute Gasteiger partial charge is 0.336 e. The zero-order chi connectivity index (χ0) is 19.5. The molecule has 0 radical (unpaired) electrons. The van der Waals surface area contributed by atoms with Crippen LogP contribution in [0.1, 0.15) is 28.0 Å². The molecule has 1 amide bonds. The summed E-state index contributed by atoms with van der Waals surface area (Å²) in [6.07, 6.45) is 0.916. The van der Waals surface area contributed by atoms with Crippen LogP contribution in [0.25, 0.3) is 10.8 Å². The predicted octanol–water partition coefficient (Wildman–Crippen LogP) is 2.58. The van der Waals surface area contributed by atoms with E-state index >= 15 is 0 Å². The van der Waals surface area contributed by atoms with Gasteiger partial charge in [0.1, 0.15) is 0 Å². The van der Waals surface area contributed by atoms with Gasteiger partial charge in [0.2, 0.25) is 0 Å². The van der Waals surface area contributed by atoms with Crippen molar-refractivity contribution >= 4 is 16.7 Å². The Morgan fingerprint density at radius 1 is 1.00 bits per heavy atom. The molecule has 1 aliphatic heterocycles. The normalized spacial score (nSPS) is 15.5. The minimum absolute atomic E-state index is 0.121. The topological polar surface area (TPSA) is 69.3 Å². The van der Waals surface area contributed by atoms with Crippen molar-refractivity contribution in [3.05, 3.63) is 75.7 Å². The highest BCUT2D eigenvalue weighted by atomic mass is 16.2. The average Bonchev–Trinajstić information content (AvgIpc) is 2.95. The molecule has 1 N–H and O–H groups in total. The zero-order valence-corrected chi connectivity index (χ0v) is 16.0. The number of carbonyl (C=O) groups excluding carboxylic acids is 1. The quantitative estimate of drug-likeness (QED) is 0.763. The first-order valence-corrected chi connectivity index (χ1v) is 9.66. The van der Waals surface area contributed by atoms with Gasteiger partial charge < -0.3 is 4.90 Å². The van der Waals surface area contributed by atoms with Crippen molar-refractivity contribution < 1.29 is 4.79 Å². The Hall–Kier alpha value is -2.99. The number of aryl methyl sites for hydroxylation is 1. The van der Waals surface area contributed by atoms with E-state index in [0.29, 0.717) is 29.6 Å². The molecule has 0 aliphatic carbocycles. The number of benzene rings is 2. The first-order chi connectivity index (χ1) is 13.6. The fourth-order valence-electron chi connectivity index (χ4n) is 3.71. The number of carbonyl (C=O) groups is 1. The van der Waals surface area contributed by atoms with E-state index in [1.54, 1.807) is 18.2 Å². The van der Waals surface area contributed by atoms with Crippen molar-refractivity contribution in [3.8, 4) is 0 Å². The van der Waals surface area contributed by atoms with E-state index in [2.05, 4.69) is 46.3 Å². The summed E-state index contributed by atoms with van der Waals surface area (Å²) >= 11 is 0. The molecule has 1 aliphatic rings. The van der Waals surface area contributed by atoms with Crippen LogP contribution in [0, 0.1) is 6.92 Å². The Morgan fingerprint density at radius 2 is 1.75 bits per heavy atom. The molecule has 3 aromatic rings. The van der Waals surface area contributed by atoms with Crippen LogP contribution in [-0.4, -0.2) is 52.1 Å². The number of rotatable bonds is 3. The monoisotopic (exact) mass is 376 g/mol. The second kappa shape index (κ2) is 7.94. The number of amides is 1. The van der Waals surface area contributed by atoms with Crippen molar-refractivity contribution in [1.29, 1.82) is 0 Å². The molecule has 1 aromatic heterocycles. The van der Waals surface area contributed by atoms with Crippen LogP contribution >= 0.6 is 0 Å². The number of hydrogen-bond acceptors (Lipinski definition) is 4. The first kappa shape index (κ1) is 18.4. The third kappa shape index (κ3) is 3.82. The molecule has 144 valence electrons. The second-order valence-electron chi connectivity index (χ2n) is 7.35. The van der Waals surface area contributed by atoms with E-state index in [9.17, 15) is 9.59 Å². The van der Waals surface area contributed by atoms with Crippen molar-refractivity contribution in [3.63, 3.8) is 0 Å². The summed E-state index contributed by atoms with van der Waals surface area (Å²) in [4.78, 5) is 29.3. The summed E-state index contributed by atoms with van der Waals surface area (Å²) in [6, 6.07) is 15.7. The van der Waals surface area contributed by atoms with E-state index in [0.717, 1.165) is 26.1 Å². The van der Waals surface area contributed by atoms with Gasteiger partial charge in [-0.3, -0.25) is 14.5 Å². The third-order valence-electron chi connectivity index (χ3n) is 5.30. The molecule has 2 aromatic carbocycles. The molecule has 2 heterocycles. The number of nitrogens with zero attached hydrogens (tertiary/aromatic N) is 3. The van der Waals surface area contributed by atoms with E-state index in [-0.39, 0.29) is 11.5 Å². The number of aromatic amines is 1. The van der Waals surface area contributed by atoms with Gasteiger partial charge in [0.25, 0.3) is 11.5 Å². The molecule has 6 nitrogen and oxygen atoms in total. The van der Waals surface area contributed by atoms with Gasteiger partial charge in [-0.15, -0.1) is 0 Å². The minimum atomic E-state index is -0.271. The fraction of sp³-hybridized carbons (Fsp3) is 0.318. The van der Waals surface area contributed by atoms with Gasteiger partial charge in [0.05, 0.1) is 5.39 Å². The van der Waals surface area contributed by atoms with E-state index < -0.39 is 0 Å². The second-order valence-corrected chi connectivity index (χ2v) is 7.35. The van der Waals surface area contributed by atoms with Gasteiger partial charge in [-0.2, -0.15) is 5.10 Å². The predicted molar refractivity (Wildman–Crippen MR) is 109 cm³/mol. The highest BCUT2D eigenvalue weighted by molar-refractivity contribution is 6.04. The number of hydrogen-bond donors (Lipinski definition) is 1. The lowest BCUT2D eigenvalue weighted by atomic mass is 10.1. The molecule has 28 heavy (non-hydrogen) atoms. The summed E-state index contributed by atoms with van der Waals surface area (Å²) < 4.78 is 0. The van der Waals surface area contributed by atoms with Gasteiger partial charge >= 0.3 is 0 Å². The lowest BCUT2D eigenvalue weighted by Gasteiger charge is -2.22. The van der Waals surface area contributed by atoms with E-state index in [1.165, 1.54) is 11.1 Å². The number of aromatic nitrogens is 2. The molecule has 4 rings (SSSR count). The summed E-state index contributed by atoms with van der Waals surface area (Å²) in [7, 11) is 0. The number of nitrogens with one attached hydrogen (secondary N) is 1. The van der Waals surface area contributed by atoms with Crippen LogP contribution < -0.4 is 5.56 Å². The Morgan fingerprint density at radius 3 is 2.54 bits per heavy atom. The summed E-state index contributed by atoms with van der Waals surface area (Å²) in [6.45, 7) is 6.10. The third-order valence-corrected chi connectivity index (χ3v) is 5.30. The summed E-state index contributed by atoms with van der Waals surface area (Å²) in [5.41, 5.74) is 2.60. The van der Waals surface area contributed by atoms with E-state index in [4.69, 9.17) is 0 Å². The molecule has 0 unspecified atom stereocenters. The standard InChI is InChI=1S/C22H24N4O2/c1-16-7-9-17(10-8-16)15-25-11-4-12-26(14-13-25)22(28)20-18-5-2-3-6-19(18)21(27)24-23-20/h2-3,5-10H,4,11-15H2,1H3,(H,24,27). The van der Waals surface area contributed by atoms with Gasteiger partial charge in [-0.1, -0.05) is 48.0 Å². The Bertz CT molecular complexity index is 1040. The van der Waals surface area contributed by atoms with Gasteiger partial charge in [0.15, 0.2) is 5.69 Å². The minimum Gasteiger partial charge on any atom is -0.336 e. The SMILES string of the molecule is Cc1ccc(CN2CCCN(C(=O)c3n[nH]c(=O)c4ccccc34)CC2)cc1. The maximum atomic E-state index is 13.1. The lowest BCUT2D eigenvalue weighted by molar-refractivity contribution is 0.0756. The highest BCUT2D eigenvalue weighted by Crippen LogP contribution is 2.16. The average molecular weight is 376 g/mol.